The number of benzene rings is 3. The summed E-state index contributed by atoms with van der Waals surface area (Å²) >= 11 is 0. The van der Waals surface area contributed by atoms with Gasteiger partial charge < -0.3 is 19.9 Å². The van der Waals surface area contributed by atoms with Crippen LogP contribution in [-0.4, -0.2) is 66.4 Å². The Morgan fingerprint density at radius 2 is 1.57 bits per heavy atom. The summed E-state index contributed by atoms with van der Waals surface area (Å²) in [6.45, 7) is 4.64. The molecule has 1 aliphatic rings. The summed E-state index contributed by atoms with van der Waals surface area (Å²) in [6, 6.07) is 18.8. The van der Waals surface area contributed by atoms with Crippen molar-refractivity contribution in [3.8, 4) is 11.1 Å². The standard InChI is InChI=1S/C37H37F4N9O/c1-2-3-4-5-35-44-32-14-12-29(21-33(32)45-35)49-18-16-48(17-19-49)28-10-6-25(7-11-28)26-8-15-34(42-22-26)37(40,41)36(51,23-50-24-43-46-47-50)30-13-9-27(38)20-31(30)39/h6-15,20-22,24,51H,2-5,16-19,23H2,1H3,(H,44,45)/t36-/m0/s1. The summed E-state index contributed by atoms with van der Waals surface area (Å²) in [7, 11) is 0. The van der Waals surface area contributed by atoms with Crippen LogP contribution in [0.2, 0.25) is 0 Å². The van der Waals surface area contributed by atoms with E-state index >= 15 is 8.78 Å². The van der Waals surface area contributed by atoms with Gasteiger partial charge in [-0.3, -0.25) is 4.98 Å². The number of hydrogen-bond acceptors (Lipinski definition) is 8. The number of aromatic nitrogens is 7. The first kappa shape index (κ1) is 34.1. The molecule has 1 saturated heterocycles. The Morgan fingerprint density at radius 1 is 0.843 bits per heavy atom. The molecule has 6 aromatic rings. The van der Waals surface area contributed by atoms with E-state index < -0.39 is 41.0 Å². The van der Waals surface area contributed by atoms with E-state index in [1.54, 1.807) is 0 Å². The molecule has 0 amide bonds. The number of nitrogens with one attached hydrogen (secondary N) is 1. The fourth-order valence-electron chi connectivity index (χ4n) is 6.62. The SMILES string of the molecule is CCCCCc1nc2ccc(N3CCN(c4ccc(-c5ccc(C(F)(F)[C@](O)(Cn6cnnn6)c6ccc(F)cc6F)nc5)cc4)CC3)cc2[nH]1. The second-order valence-corrected chi connectivity index (χ2v) is 12.9. The zero-order chi connectivity index (χ0) is 35.6. The second-order valence-electron chi connectivity index (χ2n) is 12.9. The number of hydrogen-bond donors (Lipinski definition) is 2. The molecule has 0 bridgehead atoms. The molecule has 10 nitrogen and oxygen atoms in total. The molecule has 0 unspecified atom stereocenters. The third-order valence-electron chi connectivity index (χ3n) is 9.51. The van der Waals surface area contributed by atoms with E-state index in [4.69, 9.17) is 4.98 Å². The number of anilines is 2. The fourth-order valence-corrected chi connectivity index (χ4v) is 6.62. The molecule has 4 heterocycles. The lowest BCUT2D eigenvalue weighted by Crippen LogP contribution is -2.48. The van der Waals surface area contributed by atoms with Crippen molar-refractivity contribution in [3.63, 3.8) is 0 Å². The van der Waals surface area contributed by atoms with Gasteiger partial charge in [0.2, 0.25) is 0 Å². The second kappa shape index (κ2) is 14.1. The van der Waals surface area contributed by atoms with E-state index in [9.17, 15) is 13.9 Å². The monoisotopic (exact) mass is 699 g/mol. The number of pyridine rings is 1. The Balaban J connectivity index is 1.02. The maximum atomic E-state index is 16.1. The zero-order valence-electron chi connectivity index (χ0n) is 28.0. The number of aryl methyl sites for hydroxylation is 1. The van der Waals surface area contributed by atoms with Crippen molar-refractivity contribution in [3.05, 3.63) is 114 Å². The van der Waals surface area contributed by atoms with Gasteiger partial charge >= 0.3 is 5.92 Å². The van der Waals surface area contributed by atoms with Crippen LogP contribution >= 0.6 is 0 Å². The summed E-state index contributed by atoms with van der Waals surface area (Å²) < 4.78 is 61.6. The fraction of sp³-hybridized carbons (Fsp3) is 0.324. The van der Waals surface area contributed by atoms with Crippen LogP contribution in [0.5, 0.6) is 0 Å². The topological polar surface area (TPSA) is 112 Å². The maximum absolute atomic E-state index is 16.1. The van der Waals surface area contributed by atoms with E-state index in [1.807, 2.05) is 24.3 Å². The van der Waals surface area contributed by atoms with E-state index in [2.05, 4.69) is 60.4 Å². The number of halogens is 4. The lowest BCUT2D eigenvalue weighted by molar-refractivity contribution is -0.207. The maximum Gasteiger partial charge on any atom is 0.323 e. The first-order chi connectivity index (χ1) is 24.6. The average molecular weight is 700 g/mol. The van der Waals surface area contributed by atoms with Crippen LogP contribution in [-0.2, 0) is 24.5 Å². The molecule has 3 aromatic carbocycles. The van der Waals surface area contributed by atoms with Crippen LogP contribution in [0.25, 0.3) is 22.2 Å². The van der Waals surface area contributed by atoms with Gasteiger partial charge in [-0.15, -0.1) is 5.10 Å². The first-order valence-corrected chi connectivity index (χ1v) is 17.0. The smallest absolute Gasteiger partial charge is 0.323 e. The predicted octanol–water partition coefficient (Wildman–Crippen LogP) is 6.63. The number of imidazole rings is 1. The van der Waals surface area contributed by atoms with E-state index in [0.717, 1.165) is 96.3 Å². The van der Waals surface area contributed by atoms with Gasteiger partial charge in [-0.2, -0.15) is 8.78 Å². The zero-order valence-corrected chi connectivity index (χ0v) is 28.0. The Hall–Kier alpha value is -5.37. The van der Waals surface area contributed by atoms with Crippen molar-refractivity contribution in [1.29, 1.82) is 0 Å². The highest BCUT2D eigenvalue weighted by atomic mass is 19.3. The summed E-state index contributed by atoms with van der Waals surface area (Å²) in [4.78, 5) is 16.9. The quantitative estimate of drug-likeness (QED) is 0.108. The van der Waals surface area contributed by atoms with Gasteiger partial charge in [-0.25, -0.2) is 18.4 Å². The molecule has 0 radical (unpaired) electrons. The largest absolute Gasteiger partial charge is 0.377 e. The molecule has 0 aliphatic carbocycles. The van der Waals surface area contributed by atoms with Crippen molar-refractivity contribution >= 4 is 22.4 Å². The third-order valence-corrected chi connectivity index (χ3v) is 9.51. The molecule has 1 aliphatic heterocycles. The van der Waals surface area contributed by atoms with Crippen LogP contribution in [0.4, 0.5) is 28.9 Å². The number of fused-ring (bicyclic) bond motifs is 1. The number of piperazine rings is 1. The highest BCUT2D eigenvalue weighted by molar-refractivity contribution is 5.80. The molecule has 1 atom stereocenters. The predicted molar refractivity (Wildman–Crippen MR) is 185 cm³/mol. The molecule has 264 valence electrons. The summed E-state index contributed by atoms with van der Waals surface area (Å²) in [6.07, 6.45) is 6.76. The van der Waals surface area contributed by atoms with Crippen molar-refractivity contribution in [2.75, 3.05) is 36.0 Å². The van der Waals surface area contributed by atoms with Crippen LogP contribution in [0.1, 0.15) is 43.3 Å². The number of alkyl halides is 2. The van der Waals surface area contributed by atoms with Crippen LogP contribution in [0.3, 0.4) is 0 Å². The van der Waals surface area contributed by atoms with Gasteiger partial charge in [0, 0.05) is 67.4 Å². The van der Waals surface area contributed by atoms with Gasteiger partial charge in [0.15, 0.2) is 5.60 Å². The van der Waals surface area contributed by atoms with Crippen LogP contribution in [0, 0.1) is 11.6 Å². The number of aromatic amines is 1. The number of tetrazole rings is 1. The number of nitrogens with zero attached hydrogens (tertiary/aromatic N) is 8. The summed E-state index contributed by atoms with van der Waals surface area (Å²) in [5, 5.41) is 21.8. The van der Waals surface area contributed by atoms with Gasteiger partial charge in [-0.05, 0) is 70.9 Å². The van der Waals surface area contributed by atoms with Gasteiger partial charge in [0.1, 0.15) is 29.5 Å². The Kier molecular flexibility index (Phi) is 9.42. The molecule has 3 aromatic heterocycles. The van der Waals surface area contributed by atoms with Gasteiger partial charge in [0.25, 0.3) is 0 Å². The highest BCUT2D eigenvalue weighted by Crippen LogP contribution is 2.47. The summed E-state index contributed by atoms with van der Waals surface area (Å²) in [5.41, 5.74) is 0.764. The molecule has 2 N–H and O–H groups in total. The minimum Gasteiger partial charge on any atom is -0.377 e. The minimum atomic E-state index is -4.14. The third kappa shape index (κ3) is 6.87. The molecular weight excluding hydrogens is 662 g/mol. The van der Waals surface area contributed by atoms with Crippen molar-refractivity contribution in [2.24, 2.45) is 0 Å². The highest BCUT2D eigenvalue weighted by Gasteiger charge is 2.58. The Labute approximate surface area is 291 Å². The minimum absolute atomic E-state index is 0.432. The van der Waals surface area contributed by atoms with Crippen molar-refractivity contribution in [2.45, 2.75) is 50.7 Å². The van der Waals surface area contributed by atoms with E-state index in [1.165, 1.54) is 30.8 Å². The first-order valence-electron chi connectivity index (χ1n) is 17.0. The molecule has 0 spiro atoms. The molecule has 1 fully saturated rings. The number of H-pyrrole nitrogens is 1. The normalized spacial score (nSPS) is 15.0. The molecular formula is C37H37F4N9O. The average Bonchev–Trinajstić information content (AvgIpc) is 3.81. The van der Waals surface area contributed by atoms with Crippen molar-refractivity contribution < 1.29 is 22.7 Å². The number of rotatable bonds is 12. The lowest BCUT2D eigenvalue weighted by atomic mass is 9.84. The molecule has 7 rings (SSSR count). The summed E-state index contributed by atoms with van der Waals surface area (Å²) in [5.74, 6) is -5.42. The van der Waals surface area contributed by atoms with E-state index in [0.29, 0.717) is 11.6 Å². The van der Waals surface area contributed by atoms with Gasteiger partial charge in [-0.1, -0.05) is 38.0 Å². The van der Waals surface area contributed by atoms with E-state index in [-0.39, 0.29) is 0 Å². The van der Waals surface area contributed by atoms with Crippen LogP contribution in [0.15, 0.2) is 85.3 Å². The van der Waals surface area contributed by atoms with Crippen molar-refractivity contribution in [1.82, 2.24) is 35.2 Å². The number of aliphatic hydroxyl groups is 1. The molecule has 51 heavy (non-hydrogen) atoms. The molecule has 14 heteroatoms. The number of unbranched alkanes of at least 4 members (excludes halogenated alkanes) is 2. The Bertz CT molecular complexity index is 2080. The molecule has 0 saturated carbocycles. The van der Waals surface area contributed by atoms with Gasteiger partial charge in [0.05, 0.1) is 17.6 Å². The Morgan fingerprint density at radius 3 is 2.24 bits per heavy atom. The lowest BCUT2D eigenvalue weighted by Gasteiger charge is -2.37. The van der Waals surface area contributed by atoms with Crippen LogP contribution < -0.4 is 9.80 Å².